The number of esters is 1. The summed E-state index contributed by atoms with van der Waals surface area (Å²) in [5, 5.41) is 3.00. The van der Waals surface area contributed by atoms with Crippen LogP contribution in [-0.2, 0) is 14.3 Å². The largest absolute Gasteiger partial charge is 0.497 e. The van der Waals surface area contributed by atoms with Crippen molar-refractivity contribution in [1.82, 2.24) is 5.32 Å². The maximum absolute atomic E-state index is 12.0. The highest BCUT2D eigenvalue weighted by molar-refractivity contribution is 6.30. The second kappa shape index (κ2) is 10.3. The molecule has 6 nitrogen and oxygen atoms in total. The van der Waals surface area contributed by atoms with Crippen LogP contribution in [0.25, 0.3) is 6.08 Å². The van der Waals surface area contributed by atoms with Gasteiger partial charge in [-0.3, -0.25) is 9.59 Å². The number of rotatable bonds is 8. The van der Waals surface area contributed by atoms with E-state index in [1.165, 1.54) is 13.0 Å². The topological polar surface area (TPSA) is 81.7 Å². The van der Waals surface area contributed by atoms with E-state index in [1.807, 2.05) is 0 Å². The van der Waals surface area contributed by atoms with Crippen molar-refractivity contribution in [3.05, 3.63) is 70.8 Å². The Bertz CT molecular complexity index is 859. The van der Waals surface area contributed by atoms with E-state index in [9.17, 15) is 14.4 Å². The molecular weight excluding hydrogens is 382 g/mol. The zero-order valence-electron chi connectivity index (χ0n) is 15.5. The number of ketones is 1. The summed E-state index contributed by atoms with van der Waals surface area (Å²) in [5.41, 5.74) is 1.19. The first-order valence-electron chi connectivity index (χ1n) is 8.47. The maximum Gasteiger partial charge on any atom is 0.328 e. The fourth-order valence-electron chi connectivity index (χ4n) is 2.19. The number of methoxy groups -OCH3 is 1. The zero-order chi connectivity index (χ0) is 20.5. The van der Waals surface area contributed by atoms with Crippen molar-refractivity contribution in [2.75, 3.05) is 13.7 Å². The Hall–Kier alpha value is -3.12. The molecule has 0 aliphatic heterocycles. The Kier molecular flexibility index (Phi) is 7.77. The molecule has 28 heavy (non-hydrogen) atoms. The van der Waals surface area contributed by atoms with Gasteiger partial charge in [0, 0.05) is 16.7 Å². The monoisotopic (exact) mass is 401 g/mol. The lowest BCUT2D eigenvalue weighted by atomic mass is 10.1. The van der Waals surface area contributed by atoms with Gasteiger partial charge in [0.25, 0.3) is 0 Å². The number of benzene rings is 2. The fraction of sp³-hybridized carbons (Fsp3) is 0.190. The molecule has 2 aromatic rings. The van der Waals surface area contributed by atoms with E-state index < -0.39 is 24.5 Å². The summed E-state index contributed by atoms with van der Waals surface area (Å²) in [7, 11) is 1.57. The molecule has 7 heteroatoms. The van der Waals surface area contributed by atoms with Gasteiger partial charge in [-0.05, 0) is 55.0 Å². The van der Waals surface area contributed by atoms with Crippen LogP contribution in [0.2, 0.25) is 5.02 Å². The lowest BCUT2D eigenvalue weighted by Gasteiger charge is -2.12. The Balaban J connectivity index is 1.80. The molecule has 1 amide bonds. The van der Waals surface area contributed by atoms with Gasteiger partial charge in [-0.1, -0.05) is 23.7 Å². The molecule has 0 saturated heterocycles. The Labute approximate surface area is 168 Å². The Morgan fingerprint density at radius 3 is 2.32 bits per heavy atom. The number of hydrogen-bond donors (Lipinski definition) is 1. The predicted molar refractivity (Wildman–Crippen MR) is 106 cm³/mol. The highest BCUT2D eigenvalue weighted by Gasteiger charge is 2.17. The second-order valence-electron chi connectivity index (χ2n) is 5.87. The van der Waals surface area contributed by atoms with Gasteiger partial charge in [0.1, 0.15) is 11.8 Å². The molecule has 0 spiro atoms. The van der Waals surface area contributed by atoms with E-state index in [2.05, 4.69) is 5.32 Å². The van der Waals surface area contributed by atoms with E-state index in [-0.39, 0.29) is 5.78 Å². The molecular formula is C21H20ClNO5. The molecule has 146 valence electrons. The summed E-state index contributed by atoms with van der Waals surface area (Å²) >= 11 is 5.76. The number of ether oxygens (including phenoxy) is 2. The summed E-state index contributed by atoms with van der Waals surface area (Å²) < 4.78 is 10.0. The molecule has 0 bridgehead atoms. The minimum atomic E-state index is -0.897. The molecule has 2 aromatic carbocycles. The van der Waals surface area contributed by atoms with E-state index >= 15 is 0 Å². The molecule has 2 rings (SSSR count). The minimum absolute atomic E-state index is 0.358. The van der Waals surface area contributed by atoms with Crippen LogP contribution < -0.4 is 10.1 Å². The average molecular weight is 402 g/mol. The van der Waals surface area contributed by atoms with E-state index in [0.29, 0.717) is 16.3 Å². The number of halogens is 1. The molecule has 0 fully saturated rings. The summed E-state index contributed by atoms with van der Waals surface area (Å²) in [5.74, 6) is -0.799. The van der Waals surface area contributed by atoms with Crippen molar-refractivity contribution in [3.63, 3.8) is 0 Å². The number of amides is 1. The van der Waals surface area contributed by atoms with Gasteiger partial charge in [0.15, 0.2) is 12.4 Å². The summed E-state index contributed by atoms with van der Waals surface area (Å²) in [6.45, 7) is 1.07. The summed E-state index contributed by atoms with van der Waals surface area (Å²) in [4.78, 5) is 35.9. The Morgan fingerprint density at radius 2 is 1.71 bits per heavy atom. The average Bonchev–Trinajstić information content (AvgIpc) is 2.71. The van der Waals surface area contributed by atoms with Crippen LogP contribution in [0.3, 0.4) is 0 Å². The van der Waals surface area contributed by atoms with Gasteiger partial charge in [-0.2, -0.15) is 0 Å². The van der Waals surface area contributed by atoms with Crippen molar-refractivity contribution in [2.24, 2.45) is 0 Å². The molecule has 0 radical (unpaired) electrons. The predicted octanol–water partition coefficient (Wildman–Crippen LogP) is 3.29. The third-order valence-electron chi connectivity index (χ3n) is 3.77. The molecule has 0 aliphatic rings. The quantitative estimate of drug-likeness (QED) is 0.417. The van der Waals surface area contributed by atoms with Crippen LogP contribution in [0, 0.1) is 0 Å². The Morgan fingerprint density at radius 1 is 1.07 bits per heavy atom. The second-order valence-corrected chi connectivity index (χ2v) is 6.31. The van der Waals surface area contributed by atoms with Crippen molar-refractivity contribution < 1.29 is 23.9 Å². The highest BCUT2D eigenvalue weighted by Crippen LogP contribution is 2.12. The van der Waals surface area contributed by atoms with Crippen molar-refractivity contribution in [3.8, 4) is 5.75 Å². The van der Waals surface area contributed by atoms with Gasteiger partial charge in [-0.25, -0.2) is 4.79 Å². The van der Waals surface area contributed by atoms with Crippen LogP contribution in [0.4, 0.5) is 0 Å². The third kappa shape index (κ3) is 6.55. The normalized spacial score (nSPS) is 11.7. The van der Waals surface area contributed by atoms with E-state index in [0.717, 1.165) is 5.56 Å². The molecule has 0 aliphatic carbocycles. The molecule has 0 aromatic heterocycles. The van der Waals surface area contributed by atoms with Crippen LogP contribution in [0.5, 0.6) is 5.75 Å². The van der Waals surface area contributed by atoms with Gasteiger partial charge in [0.2, 0.25) is 5.91 Å². The van der Waals surface area contributed by atoms with Crippen molar-refractivity contribution in [1.29, 1.82) is 0 Å². The van der Waals surface area contributed by atoms with E-state index in [4.69, 9.17) is 21.1 Å². The lowest BCUT2D eigenvalue weighted by Crippen LogP contribution is -2.39. The van der Waals surface area contributed by atoms with E-state index in [1.54, 1.807) is 61.7 Å². The summed E-state index contributed by atoms with van der Waals surface area (Å²) in [6, 6.07) is 12.5. The molecule has 1 N–H and O–H groups in total. The smallest absolute Gasteiger partial charge is 0.328 e. The number of hydrogen-bond acceptors (Lipinski definition) is 5. The van der Waals surface area contributed by atoms with Crippen LogP contribution in [0.15, 0.2) is 54.6 Å². The van der Waals surface area contributed by atoms with Crippen LogP contribution >= 0.6 is 11.6 Å². The van der Waals surface area contributed by atoms with Crippen LogP contribution in [-0.4, -0.2) is 37.4 Å². The molecule has 1 atom stereocenters. The number of Topliss-reactive ketones (excluding diaryl/α,β-unsaturated/α-hetero) is 1. The lowest BCUT2D eigenvalue weighted by molar-refractivity contribution is -0.145. The zero-order valence-corrected chi connectivity index (χ0v) is 16.2. The number of carbonyl (C=O) groups excluding carboxylic acids is 3. The van der Waals surface area contributed by atoms with Crippen molar-refractivity contribution >= 4 is 35.3 Å². The molecule has 0 saturated carbocycles. The third-order valence-corrected chi connectivity index (χ3v) is 4.02. The summed E-state index contributed by atoms with van der Waals surface area (Å²) in [6.07, 6.45) is 2.92. The standard InChI is InChI=1S/C21H20ClNO5/c1-14(21(26)28-13-19(24)16-6-8-17(22)9-7-16)23-20(25)12-5-15-3-10-18(27-2)11-4-15/h3-12,14H,13H2,1-2H3,(H,23,25)/t14-/m0/s1. The van der Waals surface area contributed by atoms with Gasteiger partial charge in [-0.15, -0.1) is 0 Å². The number of nitrogens with one attached hydrogen (secondary N) is 1. The molecule has 0 unspecified atom stereocenters. The SMILES string of the molecule is COc1ccc(C=CC(=O)N[C@@H](C)C(=O)OCC(=O)c2ccc(Cl)cc2)cc1. The van der Waals surface area contributed by atoms with Gasteiger partial charge >= 0.3 is 5.97 Å². The number of carbonyl (C=O) groups is 3. The molecule has 0 heterocycles. The maximum atomic E-state index is 12.0. The van der Waals surface area contributed by atoms with Crippen LogP contribution in [0.1, 0.15) is 22.8 Å². The first-order valence-corrected chi connectivity index (χ1v) is 8.85. The first kappa shape index (κ1) is 21.2. The minimum Gasteiger partial charge on any atom is -0.497 e. The van der Waals surface area contributed by atoms with Gasteiger partial charge in [0.05, 0.1) is 7.11 Å². The van der Waals surface area contributed by atoms with Crippen molar-refractivity contribution in [2.45, 2.75) is 13.0 Å². The highest BCUT2D eigenvalue weighted by atomic mass is 35.5. The van der Waals surface area contributed by atoms with Gasteiger partial charge < -0.3 is 14.8 Å². The first-order chi connectivity index (χ1) is 13.4. The fourth-order valence-corrected chi connectivity index (χ4v) is 2.31.